The molecule has 2 unspecified atom stereocenters. The summed E-state index contributed by atoms with van der Waals surface area (Å²) in [6.07, 6.45) is 0.947. The van der Waals surface area contributed by atoms with Crippen molar-refractivity contribution in [1.29, 1.82) is 0 Å². The Kier molecular flexibility index (Phi) is 4.56. The fourth-order valence-corrected chi connectivity index (χ4v) is 2.24. The summed E-state index contributed by atoms with van der Waals surface area (Å²) >= 11 is 3.68. The average Bonchev–Trinajstić information content (AvgIpc) is 2.54. The van der Waals surface area contributed by atoms with E-state index < -0.39 is 6.04 Å². The first-order chi connectivity index (χ1) is 7.88. The van der Waals surface area contributed by atoms with E-state index in [-0.39, 0.29) is 29.5 Å². The normalized spacial score (nSPS) is 24.0. The summed E-state index contributed by atoms with van der Waals surface area (Å²) in [7, 11) is 1.63. The van der Waals surface area contributed by atoms with E-state index in [4.69, 9.17) is 0 Å². The second-order valence-corrected chi connectivity index (χ2v) is 4.82. The monoisotopic (exact) mass is 258 g/mol. The molecule has 0 aromatic carbocycles. The van der Waals surface area contributed by atoms with Gasteiger partial charge in [0.2, 0.25) is 16.9 Å². The number of carbonyl (C=O) groups excluding carboxylic acids is 3. The number of carbonyl (C=O) groups is 3. The molecule has 0 aliphatic carbocycles. The molecule has 0 bridgehead atoms. The number of nitrogens with zero attached hydrogens (tertiary/aromatic N) is 2. The van der Waals surface area contributed by atoms with Gasteiger partial charge in [0, 0.05) is 19.5 Å². The first-order valence-electron chi connectivity index (χ1n) is 5.66. The maximum Gasteiger partial charge on any atom is 0.246 e. The Morgan fingerprint density at radius 2 is 2.12 bits per heavy atom. The Bertz CT molecular complexity index is 346. The first-order valence-corrected chi connectivity index (χ1v) is 6.11. The molecule has 0 aromatic rings. The number of hydrogen-bond acceptors (Lipinski definition) is 3. The number of rotatable bonds is 4. The van der Waals surface area contributed by atoms with Crippen molar-refractivity contribution in [2.75, 3.05) is 13.6 Å². The van der Waals surface area contributed by atoms with Crippen LogP contribution in [0.15, 0.2) is 0 Å². The molecular formula is C11H18N2O3S. The topological polar surface area (TPSA) is 57.7 Å². The Morgan fingerprint density at radius 1 is 1.53 bits per heavy atom. The van der Waals surface area contributed by atoms with Crippen molar-refractivity contribution in [1.82, 2.24) is 9.80 Å². The van der Waals surface area contributed by atoms with Gasteiger partial charge in [-0.25, -0.2) is 0 Å². The van der Waals surface area contributed by atoms with Crippen molar-refractivity contribution < 1.29 is 14.4 Å². The lowest BCUT2D eigenvalue weighted by atomic mass is 10.1. The third kappa shape index (κ3) is 3.00. The maximum atomic E-state index is 12.1. The van der Waals surface area contributed by atoms with Gasteiger partial charge in [-0.3, -0.25) is 14.4 Å². The van der Waals surface area contributed by atoms with E-state index in [1.807, 2.05) is 6.92 Å². The third-order valence-electron chi connectivity index (χ3n) is 3.13. The molecule has 0 aromatic heterocycles. The Morgan fingerprint density at radius 3 is 2.59 bits per heavy atom. The molecular weight excluding hydrogens is 240 g/mol. The third-order valence-corrected chi connectivity index (χ3v) is 3.27. The Hall–Kier alpha value is -1.04. The molecule has 1 saturated heterocycles. The van der Waals surface area contributed by atoms with Crippen LogP contribution in [-0.2, 0) is 14.4 Å². The minimum atomic E-state index is -0.440. The molecule has 17 heavy (non-hydrogen) atoms. The summed E-state index contributed by atoms with van der Waals surface area (Å²) in [6, 6.07) is -0.471. The molecule has 2 atom stereocenters. The van der Waals surface area contributed by atoms with Gasteiger partial charge in [-0.15, -0.1) is 12.6 Å². The van der Waals surface area contributed by atoms with Crippen molar-refractivity contribution in [3.05, 3.63) is 0 Å². The highest BCUT2D eigenvalue weighted by Crippen LogP contribution is 2.23. The van der Waals surface area contributed by atoms with Gasteiger partial charge in [-0.2, -0.15) is 0 Å². The lowest BCUT2D eigenvalue weighted by Crippen LogP contribution is -2.43. The summed E-state index contributed by atoms with van der Waals surface area (Å²) in [5.74, 6) is -0.223. The van der Waals surface area contributed by atoms with Crippen molar-refractivity contribution in [2.24, 2.45) is 0 Å². The number of likely N-dealkylation sites (tertiary alicyclic amines) is 1. The molecule has 1 rings (SSSR count). The smallest absolute Gasteiger partial charge is 0.246 e. The van der Waals surface area contributed by atoms with Crippen LogP contribution in [0.5, 0.6) is 0 Å². The van der Waals surface area contributed by atoms with E-state index in [1.54, 1.807) is 14.0 Å². The van der Waals surface area contributed by atoms with E-state index in [0.29, 0.717) is 12.8 Å². The second kappa shape index (κ2) is 5.53. The van der Waals surface area contributed by atoms with Gasteiger partial charge in [-0.05, 0) is 13.3 Å². The van der Waals surface area contributed by atoms with Crippen LogP contribution in [0.4, 0.5) is 0 Å². The second-order valence-electron chi connectivity index (χ2n) is 4.32. The lowest BCUT2D eigenvalue weighted by Gasteiger charge is -2.23. The Labute approximate surface area is 107 Å². The zero-order chi connectivity index (χ0) is 13.2. The quantitative estimate of drug-likeness (QED) is 0.738. The highest BCUT2D eigenvalue weighted by molar-refractivity contribution is 7.96. The highest BCUT2D eigenvalue weighted by Gasteiger charge is 2.40. The molecule has 2 amide bonds. The molecule has 1 aliphatic heterocycles. The van der Waals surface area contributed by atoms with E-state index in [1.165, 1.54) is 9.80 Å². The molecule has 1 fully saturated rings. The van der Waals surface area contributed by atoms with E-state index >= 15 is 0 Å². The largest absolute Gasteiger partial charge is 0.334 e. The van der Waals surface area contributed by atoms with Crippen LogP contribution in [-0.4, -0.2) is 52.4 Å². The SMILES string of the molecule is CCC(=O)N(C)C1CC(C)N(CC(=O)S)C1=O. The van der Waals surface area contributed by atoms with Crippen molar-refractivity contribution >= 4 is 29.6 Å². The standard InChI is InChI=1S/C11H18N2O3S/c1-4-9(14)12(3)8-5-7(2)13(11(8)16)6-10(15)17/h7-8H,4-6H2,1-3H3,(H,15,17). The van der Waals surface area contributed by atoms with Gasteiger partial charge in [-0.1, -0.05) is 6.92 Å². The maximum absolute atomic E-state index is 12.1. The fourth-order valence-electron chi connectivity index (χ4n) is 2.09. The van der Waals surface area contributed by atoms with Crippen LogP contribution in [0.2, 0.25) is 0 Å². The summed E-state index contributed by atoms with van der Waals surface area (Å²) in [5, 5.41) is -0.338. The van der Waals surface area contributed by atoms with Crippen LogP contribution in [0, 0.1) is 0 Å². The van der Waals surface area contributed by atoms with Gasteiger partial charge >= 0.3 is 0 Å². The van der Waals surface area contributed by atoms with Crippen LogP contribution in [0.1, 0.15) is 26.7 Å². The minimum absolute atomic E-state index is 0.00770. The Balaban J connectivity index is 2.76. The van der Waals surface area contributed by atoms with Crippen LogP contribution >= 0.6 is 12.6 Å². The van der Waals surface area contributed by atoms with E-state index in [2.05, 4.69) is 12.6 Å². The van der Waals surface area contributed by atoms with Crippen molar-refractivity contribution in [3.8, 4) is 0 Å². The summed E-state index contributed by atoms with van der Waals surface area (Å²) in [4.78, 5) is 37.5. The highest BCUT2D eigenvalue weighted by atomic mass is 32.1. The molecule has 1 heterocycles. The summed E-state index contributed by atoms with van der Waals surface area (Å²) < 4.78 is 0. The summed E-state index contributed by atoms with van der Waals surface area (Å²) in [6.45, 7) is 3.64. The zero-order valence-electron chi connectivity index (χ0n) is 10.3. The van der Waals surface area contributed by atoms with Gasteiger partial charge in [0.25, 0.3) is 0 Å². The van der Waals surface area contributed by atoms with Crippen LogP contribution in [0.3, 0.4) is 0 Å². The molecule has 6 heteroatoms. The molecule has 1 aliphatic rings. The average molecular weight is 258 g/mol. The predicted molar refractivity (Wildman–Crippen MR) is 66.6 cm³/mol. The van der Waals surface area contributed by atoms with E-state index in [9.17, 15) is 14.4 Å². The van der Waals surface area contributed by atoms with Crippen LogP contribution < -0.4 is 0 Å². The first kappa shape index (κ1) is 14.0. The zero-order valence-corrected chi connectivity index (χ0v) is 11.2. The minimum Gasteiger partial charge on any atom is -0.334 e. The van der Waals surface area contributed by atoms with Crippen molar-refractivity contribution in [2.45, 2.75) is 38.8 Å². The summed E-state index contributed by atoms with van der Waals surface area (Å²) in [5.41, 5.74) is 0. The van der Waals surface area contributed by atoms with Crippen LogP contribution in [0.25, 0.3) is 0 Å². The van der Waals surface area contributed by atoms with Gasteiger partial charge in [0.1, 0.15) is 6.04 Å². The fraction of sp³-hybridized carbons (Fsp3) is 0.727. The molecule has 5 nitrogen and oxygen atoms in total. The number of likely N-dealkylation sites (N-methyl/N-ethyl adjacent to an activating group) is 1. The predicted octanol–water partition coefficient (Wildman–Crippen LogP) is 0.301. The van der Waals surface area contributed by atoms with Crippen molar-refractivity contribution in [3.63, 3.8) is 0 Å². The molecule has 0 N–H and O–H groups in total. The lowest BCUT2D eigenvalue weighted by molar-refractivity contribution is -0.141. The molecule has 0 saturated carbocycles. The van der Waals surface area contributed by atoms with Gasteiger partial charge < -0.3 is 9.80 Å². The number of hydrogen-bond donors (Lipinski definition) is 1. The molecule has 0 spiro atoms. The molecule has 0 radical (unpaired) electrons. The number of thiol groups is 1. The molecule has 96 valence electrons. The van der Waals surface area contributed by atoms with Gasteiger partial charge in [0.15, 0.2) is 0 Å². The van der Waals surface area contributed by atoms with Gasteiger partial charge in [0.05, 0.1) is 6.54 Å². The number of amides is 2. The van der Waals surface area contributed by atoms with E-state index in [0.717, 1.165) is 0 Å².